The molecule has 1 heterocycles. The van der Waals surface area contributed by atoms with Gasteiger partial charge in [-0.2, -0.15) is 0 Å². The van der Waals surface area contributed by atoms with E-state index < -0.39 is 0 Å². The van der Waals surface area contributed by atoms with Crippen LogP contribution in [-0.2, 0) is 4.79 Å². The second-order valence-electron chi connectivity index (χ2n) is 5.40. The number of hydrogen-bond donors (Lipinski definition) is 2. The first-order valence-corrected chi connectivity index (χ1v) is 7.67. The average molecular weight is 306 g/mol. The highest BCUT2D eigenvalue weighted by Crippen LogP contribution is 2.10. The molecule has 1 aliphatic rings. The topological polar surface area (TPSA) is 63.1 Å². The van der Waals surface area contributed by atoms with Crippen LogP contribution in [0, 0.1) is 0 Å². The molecule has 2 amide bonds. The van der Waals surface area contributed by atoms with Crippen molar-refractivity contribution in [3.8, 4) is 5.75 Å². The molecule has 1 aliphatic heterocycles. The molecule has 1 aromatic carbocycles. The zero-order valence-corrected chi connectivity index (χ0v) is 13.2. The lowest BCUT2D eigenvalue weighted by molar-refractivity contribution is -0.902. The van der Waals surface area contributed by atoms with Crippen LogP contribution in [0.2, 0.25) is 0 Å². The lowest BCUT2D eigenvalue weighted by atomic mass is 10.2. The molecule has 120 valence electrons. The van der Waals surface area contributed by atoms with Gasteiger partial charge in [0.05, 0.1) is 46.4 Å². The summed E-state index contributed by atoms with van der Waals surface area (Å²) in [5.41, 5.74) is 0.522. The number of carbonyl (C=O) groups is 2. The lowest BCUT2D eigenvalue weighted by Crippen LogP contribution is -3.14. The maximum absolute atomic E-state index is 12.1. The Labute approximate surface area is 131 Å². The summed E-state index contributed by atoms with van der Waals surface area (Å²) >= 11 is 0. The molecule has 22 heavy (non-hydrogen) atoms. The summed E-state index contributed by atoms with van der Waals surface area (Å²) in [6, 6.07) is 6.82. The Kier molecular flexibility index (Phi) is 5.77. The number of piperazine rings is 1. The van der Waals surface area contributed by atoms with E-state index >= 15 is 0 Å². The van der Waals surface area contributed by atoms with Gasteiger partial charge >= 0.3 is 0 Å². The second kappa shape index (κ2) is 7.79. The minimum Gasteiger partial charge on any atom is -0.497 e. The standard InChI is InChI=1S/C16H23N3O3/c1-3-18-8-10-19(11-9-18)15(20)12-17-16(21)13-4-6-14(22-2)7-5-13/h4-7H,3,8-12H2,1-2H3,(H,17,21)/p+1. The Morgan fingerprint density at radius 2 is 1.86 bits per heavy atom. The largest absolute Gasteiger partial charge is 0.497 e. The normalized spacial score (nSPS) is 15.5. The van der Waals surface area contributed by atoms with Gasteiger partial charge in [0.15, 0.2) is 0 Å². The van der Waals surface area contributed by atoms with Crippen LogP contribution in [0.25, 0.3) is 0 Å². The van der Waals surface area contributed by atoms with E-state index in [1.165, 1.54) is 4.90 Å². The first kappa shape index (κ1) is 16.3. The van der Waals surface area contributed by atoms with Crippen LogP contribution in [0.3, 0.4) is 0 Å². The van der Waals surface area contributed by atoms with Crippen molar-refractivity contribution in [3.05, 3.63) is 29.8 Å². The SMILES string of the molecule is CC[NH+]1CCN(C(=O)CNC(=O)c2ccc(OC)cc2)CC1. The van der Waals surface area contributed by atoms with Crippen LogP contribution in [0.5, 0.6) is 5.75 Å². The summed E-state index contributed by atoms with van der Waals surface area (Å²) in [5, 5.41) is 2.68. The maximum atomic E-state index is 12.1. The number of quaternary nitrogens is 1. The quantitative estimate of drug-likeness (QED) is 0.746. The van der Waals surface area contributed by atoms with E-state index in [2.05, 4.69) is 12.2 Å². The fourth-order valence-corrected chi connectivity index (χ4v) is 2.54. The summed E-state index contributed by atoms with van der Waals surface area (Å²) in [7, 11) is 1.58. The van der Waals surface area contributed by atoms with Gasteiger partial charge in [0.1, 0.15) is 5.75 Å². The van der Waals surface area contributed by atoms with Crippen LogP contribution in [0.1, 0.15) is 17.3 Å². The van der Waals surface area contributed by atoms with Crippen LogP contribution >= 0.6 is 0 Å². The molecule has 0 saturated carbocycles. The Bertz CT molecular complexity index is 508. The van der Waals surface area contributed by atoms with Crippen LogP contribution in [0.4, 0.5) is 0 Å². The summed E-state index contributed by atoms with van der Waals surface area (Å²) in [4.78, 5) is 27.5. The fourth-order valence-electron chi connectivity index (χ4n) is 2.54. The summed E-state index contributed by atoms with van der Waals surface area (Å²) in [6.45, 7) is 6.79. The minimum absolute atomic E-state index is 0.0167. The highest BCUT2D eigenvalue weighted by Gasteiger charge is 2.22. The van der Waals surface area contributed by atoms with E-state index in [0.717, 1.165) is 32.7 Å². The van der Waals surface area contributed by atoms with Gasteiger partial charge in [0.2, 0.25) is 5.91 Å². The predicted molar refractivity (Wildman–Crippen MR) is 83.1 cm³/mol. The molecule has 1 aromatic rings. The minimum atomic E-state index is -0.242. The summed E-state index contributed by atoms with van der Waals surface area (Å²) < 4.78 is 5.05. The van der Waals surface area contributed by atoms with Crippen molar-refractivity contribution in [3.63, 3.8) is 0 Å². The second-order valence-corrected chi connectivity index (χ2v) is 5.40. The first-order chi connectivity index (χ1) is 10.6. The number of likely N-dealkylation sites (N-methyl/N-ethyl adjacent to an activating group) is 1. The fraction of sp³-hybridized carbons (Fsp3) is 0.500. The molecule has 0 spiro atoms. The highest BCUT2D eigenvalue weighted by molar-refractivity contribution is 5.96. The number of nitrogens with zero attached hydrogens (tertiary/aromatic N) is 1. The third kappa shape index (κ3) is 4.21. The molecular formula is C16H24N3O3+. The number of nitrogens with one attached hydrogen (secondary N) is 2. The van der Waals surface area contributed by atoms with Gasteiger partial charge < -0.3 is 19.9 Å². The number of rotatable bonds is 5. The predicted octanol–water partition coefficient (Wildman–Crippen LogP) is -0.828. The van der Waals surface area contributed by atoms with Gasteiger partial charge in [-0.25, -0.2) is 0 Å². The maximum Gasteiger partial charge on any atom is 0.251 e. The van der Waals surface area contributed by atoms with Crippen LogP contribution in [0.15, 0.2) is 24.3 Å². The Morgan fingerprint density at radius 3 is 2.41 bits per heavy atom. The van der Waals surface area contributed by atoms with E-state index in [4.69, 9.17) is 4.74 Å². The van der Waals surface area contributed by atoms with Crippen LogP contribution in [-0.4, -0.2) is 63.1 Å². The Morgan fingerprint density at radius 1 is 1.23 bits per heavy atom. The number of methoxy groups -OCH3 is 1. The van der Waals surface area contributed by atoms with E-state index in [1.54, 1.807) is 31.4 Å². The van der Waals surface area contributed by atoms with Gasteiger partial charge in [0, 0.05) is 5.56 Å². The number of benzene rings is 1. The molecule has 2 N–H and O–H groups in total. The van der Waals surface area contributed by atoms with Crippen molar-refractivity contribution >= 4 is 11.8 Å². The molecule has 0 atom stereocenters. The number of hydrogen-bond acceptors (Lipinski definition) is 3. The molecule has 6 nitrogen and oxygen atoms in total. The molecule has 0 aliphatic carbocycles. The molecular weight excluding hydrogens is 282 g/mol. The molecule has 0 unspecified atom stereocenters. The molecule has 0 radical (unpaired) electrons. The molecule has 0 bridgehead atoms. The number of carbonyl (C=O) groups excluding carboxylic acids is 2. The number of ether oxygens (including phenoxy) is 1. The molecule has 1 saturated heterocycles. The van der Waals surface area contributed by atoms with E-state index in [0.29, 0.717) is 11.3 Å². The lowest BCUT2D eigenvalue weighted by Gasteiger charge is -2.31. The molecule has 2 rings (SSSR count). The molecule has 1 fully saturated rings. The Hall–Kier alpha value is -2.08. The van der Waals surface area contributed by atoms with Gasteiger partial charge in [0.25, 0.3) is 5.91 Å². The smallest absolute Gasteiger partial charge is 0.251 e. The summed E-state index contributed by atoms with van der Waals surface area (Å²) in [5.74, 6) is 0.440. The van der Waals surface area contributed by atoms with E-state index in [-0.39, 0.29) is 18.4 Å². The van der Waals surface area contributed by atoms with Gasteiger partial charge in [-0.05, 0) is 31.2 Å². The number of amides is 2. The monoisotopic (exact) mass is 306 g/mol. The van der Waals surface area contributed by atoms with Gasteiger partial charge in [-0.15, -0.1) is 0 Å². The van der Waals surface area contributed by atoms with Crippen molar-refractivity contribution < 1.29 is 19.2 Å². The highest BCUT2D eigenvalue weighted by atomic mass is 16.5. The van der Waals surface area contributed by atoms with Crippen molar-refractivity contribution in [2.75, 3.05) is 46.4 Å². The molecule has 0 aromatic heterocycles. The van der Waals surface area contributed by atoms with Crippen molar-refractivity contribution in [1.82, 2.24) is 10.2 Å². The zero-order valence-electron chi connectivity index (χ0n) is 13.2. The van der Waals surface area contributed by atoms with Crippen molar-refractivity contribution in [2.24, 2.45) is 0 Å². The van der Waals surface area contributed by atoms with Crippen molar-refractivity contribution in [2.45, 2.75) is 6.92 Å². The average Bonchev–Trinajstić information content (AvgIpc) is 2.59. The van der Waals surface area contributed by atoms with Crippen LogP contribution < -0.4 is 15.0 Å². The zero-order chi connectivity index (χ0) is 15.9. The van der Waals surface area contributed by atoms with Crippen molar-refractivity contribution in [1.29, 1.82) is 0 Å². The van der Waals surface area contributed by atoms with Gasteiger partial charge in [-0.3, -0.25) is 9.59 Å². The van der Waals surface area contributed by atoms with E-state index in [9.17, 15) is 9.59 Å². The third-order valence-electron chi connectivity index (χ3n) is 4.08. The van der Waals surface area contributed by atoms with E-state index in [1.807, 2.05) is 4.90 Å². The summed E-state index contributed by atoms with van der Waals surface area (Å²) in [6.07, 6.45) is 0. The van der Waals surface area contributed by atoms with Gasteiger partial charge in [-0.1, -0.05) is 0 Å². The molecule has 6 heteroatoms. The first-order valence-electron chi connectivity index (χ1n) is 7.67. The third-order valence-corrected chi connectivity index (χ3v) is 4.08. The Balaban J connectivity index is 1.79.